The number of halogens is 1. The number of hydrogen-bond acceptors (Lipinski definition) is 6. The first-order valence-electron chi connectivity index (χ1n) is 6.89. The number of rotatable bonds is 4. The highest BCUT2D eigenvalue weighted by atomic mass is 79.9. The van der Waals surface area contributed by atoms with Crippen molar-refractivity contribution in [2.24, 2.45) is 0 Å². The number of esters is 1. The number of nitrogens with zero attached hydrogens (tertiary/aromatic N) is 1. The summed E-state index contributed by atoms with van der Waals surface area (Å²) in [5.74, 6) is -2.22. The van der Waals surface area contributed by atoms with E-state index in [1.165, 1.54) is 6.92 Å². The summed E-state index contributed by atoms with van der Waals surface area (Å²) in [6, 6.07) is 6.59. The summed E-state index contributed by atoms with van der Waals surface area (Å²) in [5, 5.41) is 21.3. The number of nitriles is 1. The fourth-order valence-electron chi connectivity index (χ4n) is 2.01. The van der Waals surface area contributed by atoms with Gasteiger partial charge in [0.05, 0.1) is 6.61 Å². The van der Waals surface area contributed by atoms with Gasteiger partial charge in [0.25, 0.3) is 5.91 Å². The number of aliphatic hydroxyl groups excluding tert-OH is 1. The first-order valence-corrected chi connectivity index (χ1v) is 7.68. The Bertz CT molecular complexity index is 888. The van der Waals surface area contributed by atoms with Gasteiger partial charge in [-0.1, -0.05) is 15.9 Å². The highest BCUT2D eigenvalue weighted by Gasteiger charge is 2.25. The lowest BCUT2D eigenvalue weighted by Crippen LogP contribution is -2.17. The van der Waals surface area contributed by atoms with Gasteiger partial charge < -0.3 is 19.6 Å². The Balaban J connectivity index is 2.58. The summed E-state index contributed by atoms with van der Waals surface area (Å²) in [5.41, 5.74) is -0.0299. The van der Waals surface area contributed by atoms with Crippen LogP contribution >= 0.6 is 15.9 Å². The minimum atomic E-state index is -0.856. The van der Waals surface area contributed by atoms with Crippen LogP contribution in [0.15, 0.2) is 38.4 Å². The van der Waals surface area contributed by atoms with Crippen molar-refractivity contribution in [1.29, 1.82) is 5.26 Å². The Hall–Kier alpha value is -2.79. The first kappa shape index (κ1) is 17.6. The maximum atomic E-state index is 12.2. The third-order valence-corrected chi connectivity index (χ3v) is 3.54. The molecule has 0 atom stereocenters. The van der Waals surface area contributed by atoms with E-state index in [9.17, 15) is 14.7 Å². The molecule has 2 aromatic rings. The van der Waals surface area contributed by atoms with Crippen LogP contribution in [0.5, 0.6) is 0 Å². The number of anilines is 1. The number of hydrogen-bond donors (Lipinski definition) is 2. The topological polar surface area (TPSA) is 113 Å². The molecule has 1 aromatic carbocycles. The predicted octanol–water partition coefficient (Wildman–Crippen LogP) is 3.67. The zero-order valence-electron chi connectivity index (χ0n) is 12.8. The summed E-state index contributed by atoms with van der Waals surface area (Å²) in [6.45, 7) is 2.99. The standard InChI is InChI=1S/C16H13BrN2O5/c1-3-23-16(22)14-13(19-15(21)11(7-18)8(2)20)10-6-9(17)4-5-12(10)24-14/h4-6,20H,3H2,1-2H3,(H,19,21)/b11-8+. The van der Waals surface area contributed by atoms with Crippen molar-refractivity contribution in [1.82, 2.24) is 0 Å². The molecule has 24 heavy (non-hydrogen) atoms. The average molecular weight is 393 g/mol. The van der Waals surface area contributed by atoms with Crippen molar-refractivity contribution in [3.63, 3.8) is 0 Å². The minimum Gasteiger partial charge on any atom is -0.511 e. The fraction of sp³-hybridized carbons (Fsp3) is 0.188. The molecule has 0 fully saturated rings. The number of carbonyl (C=O) groups excluding carboxylic acids is 2. The van der Waals surface area contributed by atoms with E-state index in [4.69, 9.17) is 14.4 Å². The van der Waals surface area contributed by atoms with E-state index < -0.39 is 23.2 Å². The van der Waals surface area contributed by atoms with E-state index in [1.807, 2.05) is 0 Å². The van der Waals surface area contributed by atoms with Gasteiger partial charge in [-0.15, -0.1) is 0 Å². The Kier molecular flexibility index (Phi) is 5.26. The van der Waals surface area contributed by atoms with Crippen LogP contribution in [0.2, 0.25) is 0 Å². The lowest BCUT2D eigenvalue weighted by molar-refractivity contribution is -0.112. The van der Waals surface area contributed by atoms with Gasteiger partial charge in [-0.3, -0.25) is 4.79 Å². The van der Waals surface area contributed by atoms with E-state index in [0.717, 1.165) is 0 Å². The number of aliphatic hydroxyl groups is 1. The molecule has 0 bridgehead atoms. The molecule has 1 aromatic heterocycles. The second-order valence-electron chi connectivity index (χ2n) is 4.69. The molecule has 1 heterocycles. The minimum absolute atomic E-state index is 0.0729. The smallest absolute Gasteiger partial charge is 0.376 e. The van der Waals surface area contributed by atoms with Crippen molar-refractivity contribution in [3.8, 4) is 6.07 Å². The van der Waals surface area contributed by atoms with Crippen LogP contribution in [-0.2, 0) is 9.53 Å². The normalized spacial score (nSPS) is 11.6. The highest BCUT2D eigenvalue weighted by Crippen LogP contribution is 2.34. The van der Waals surface area contributed by atoms with E-state index in [1.54, 1.807) is 31.2 Å². The number of amides is 1. The van der Waals surface area contributed by atoms with E-state index in [0.29, 0.717) is 15.4 Å². The number of allylic oxidation sites excluding steroid dienone is 1. The summed E-state index contributed by atoms with van der Waals surface area (Å²) in [4.78, 5) is 24.3. The van der Waals surface area contributed by atoms with Gasteiger partial charge in [0, 0.05) is 9.86 Å². The van der Waals surface area contributed by atoms with Crippen LogP contribution in [0.1, 0.15) is 24.4 Å². The first-order chi connectivity index (χ1) is 11.4. The summed E-state index contributed by atoms with van der Waals surface area (Å²) >= 11 is 3.30. The molecule has 0 saturated heterocycles. The zero-order chi connectivity index (χ0) is 17.9. The quantitative estimate of drug-likeness (QED) is 0.355. The van der Waals surface area contributed by atoms with Crippen LogP contribution < -0.4 is 5.32 Å². The van der Waals surface area contributed by atoms with Gasteiger partial charge in [-0.25, -0.2) is 4.79 Å². The third kappa shape index (κ3) is 3.41. The van der Waals surface area contributed by atoms with Gasteiger partial charge in [0.2, 0.25) is 5.76 Å². The van der Waals surface area contributed by atoms with Crippen molar-refractivity contribution in [2.75, 3.05) is 11.9 Å². The summed E-state index contributed by atoms with van der Waals surface area (Å²) < 4.78 is 11.1. The molecule has 2 N–H and O–H groups in total. The molecular weight excluding hydrogens is 380 g/mol. The maximum absolute atomic E-state index is 12.2. The number of ether oxygens (including phenoxy) is 1. The van der Waals surface area contributed by atoms with Gasteiger partial charge in [0.15, 0.2) is 5.57 Å². The van der Waals surface area contributed by atoms with Crippen molar-refractivity contribution < 1.29 is 23.8 Å². The van der Waals surface area contributed by atoms with E-state index >= 15 is 0 Å². The molecule has 0 aliphatic rings. The second kappa shape index (κ2) is 7.19. The van der Waals surface area contributed by atoms with E-state index in [-0.39, 0.29) is 18.1 Å². The lowest BCUT2D eigenvalue weighted by Gasteiger charge is -2.06. The molecule has 124 valence electrons. The largest absolute Gasteiger partial charge is 0.511 e. The Labute approximate surface area is 145 Å². The summed E-state index contributed by atoms with van der Waals surface area (Å²) in [7, 11) is 0. The van der Waals surface area contributed by atoms with Gasteiger partial charge in [-0.05, 0) is 32.0 Å². The molecule has 2 rings (SSSR count). The lowest BCUT2D eigenvalue weighted by atomic mass is 10.2. The number of benzene rings is 1. The monoisotopic (exact) mass is 392 g/mol. The molecule has 0 saturated carbocycles. The van der Waals surface area contributed by atoms with Crippen LogP contribution in [0.4, 0.5) is 5.69 Å². The SMILES string of the molecule is CCOC(=O)c1oc2ccc(Br)cc2c1NC(=O)/C(C#N)=C(\C)O. The molecule has 8 heteroatoms. The third-order valence-electron chi connectivity index (χ3n) is 3.05. The molecule has 0 aliphatic carbocycles. The molecular formula is C16H13BrN2O5. The second-order valence-corrected chi connectivity index (χ2v) is 5.61. The Morgan fingerprint density at radius 3 is 2.75 bits per heavy atom. The van der Waals surface area contributed by atoms with Crippen molar-refractivity contribution >= 4 is 44.5 Å². The summed E-state index contributed by atoms with van der Waals surface area (Å²) in [6.07, 6.45) is 0. The van der Waals surface area contributed by atoms with Gasteiger partial charge in [0.1, 0.15) is 23.1 Å². The van der Waals surface area contributed by atoms with Crippen LogP contribution in [0.3, 0.4) is 0 Å². The fourth-order valence-corrected chi connectivity index (χ4v) is 2.37. The Morgan fingerprint density at radius 2 is 2.17 bits per heavy atom. The van der Waals surface area contributed by atoms with Crippen LogP contribution in [0.25, 0.3) is 11.0 Å². The molecule has 0 radical (unpaired) electrons. The zero-order valence-corrected chi connectivity index (χ0v) is 14.4. The number of nitrogens with one attached hydrogen (secondary N) is 1. The van der Waals surface area contributed by atoms with Gasteiger partial charge in [-0.2, -0.15) is 5.26 Å². The average Bonchev–Trinajstić information content (AvgIpc) is 2.86. The molecule has 0 unspecified atom stereocenters. The van der Waals surface area contributed by atoms with Crippen molar-refractivity contribution in [2.45, 2.75) is 13.8 Å². The molecule has 7 nitrogen and oxygen atoms in total. The highest BCUT2D eigenvalue weighted by molar-refractivity contribution is 9.10. The number of carbonyl (C=O) groups is 2. The maximum Gasteiger partial charge on any atom is 0.376 e. The van der Waals surface area contributed by atoms with Crippen LogP contribution in [0, 0.1) is 11.3 Å². The number of furan rings is 1. The molecule has 0 spiro atoms. The molecule has 1 amide bonds. The van der Waals surface area contributed by atoms with Crippen molar-refractivity contribution in [3.05, 3.63) is 39.8 Å². The number of fused-ring (bicyclic) bond motifs is 1. The predicted molar refractivity (Wildman–Crippen MR) is 89.4 cm³/mol. The van der Waals surface area contributed by atoms with E-state index in [2.05, 4.69) is 21.2 Å². The van der Waals surface area contributed by atoms with Crippen LogP contribution in [-0.4, -0.2) is 23.6 Å². The molecule has 0 aliphatic heterocycles. The van der Waals surface area contributed by atoms with Gasteiger partial charge >= 0.3 is 5.97 Å². The Morgan fingerprint density at radius 1 is 1.46 bits per heavy atom.